The van der Waals surface area contributed by atoms with Crippen molar-refractivity contribution in [1.82, 2.24) is 34.4 Å². The molecule has 0 saturated carbocycles. The fourth-order valence-electron chi connectivity index (χ4n) is 8.02. The predicted molar refractivity (Wildman–Crippen MR) is 199 cm³/mol. The van der Waals surface area contributed by atoms with Crippen LogP contribution in [0.25, 0.3) is 5.65 Å². The number of rotatable bonds is 9. The molecule has 15 nitrogen and oxygen atoms in total. The minimum Gasteiger partial charge on any atom is -0.494 e. The van der Waals surface area contributed by atoms with Crippen molar-refractivity contribution >= 4 is 46.6 Å². The molecule has 3 aromatic heterocycles. The van der Waals surface area contributed by atoms with Crippen molar-refractivity contribution < 1.29 is 41.9 Å². The number of piperazine rings is 1. The van der Waals surface area contributed by atoms with Crippen LogP contribution in [0.3, 0.4) is 0 Å². The largest absolute Gasteiger partial charge is 0.494 e. The van der Waals surface area contributed by atoms with Crippen LogP contribution in [0.2, 0.25) is 0 Å². The number of nitrogens with one attached hydrogen (secondary N) is 2. The van der Waals surface area contributed by atoms with Gasteiger partial charge in [-0.05, 0) is 62.7 Å². The lowest BCUT2D eigenvalue weighted by Gasteiger charge is -2.38. The molecular formula is C39H40F3N9O6. The van der Waals surface area contributed by atoms with E-state index in [9.17, 15) is 37.1 Å². The third-order valence-corrected chi connectivity index (χ3v) is 11.2. The summed E-state index contributed by atoms with van der Waals surface area (Å²) in [5, 5.41) is 4.85. The quantitative estimate of drug-likeness (QED) is 0.239. The molecule has 0 radical (unpaired) electrons. The lowest BCUT2D eigenvalue weighted by atomic mass is 9.94. The Balaban J connectivity index is 0.817. The Bertz CT molecular complexity index is 2260. The summed E-state index contributed by atoms with van der Waals surface area (Å²) < 4.78 is 46.7. The Morgan fingerprint density at radius 3 is 2.30 bits per heavy atom. The molecule has 1 atom stereocenters. The number of fused-ring (bicyclic) bond motifs is 2. The Morgan fingerprint density at radius 1 is 0.877 bits per heavy atom. The summed E-state index contributed by atoms with van der Waals surface area (Å²) in [6.45, 7) is 6.84. The van der Waals surface area contributed by atoms with Crippen LogP contribution in [0.1, 0.15) is 74.2 Å². The summed E-state index contributed by atoms with van der Waals surface area (Å²) in [5.41, 5.74) is 1.67. The van der Waals surface area contributed by atoms with Gasteiger partial charge in [0.15, 0.2) is 0 Å². The predicted octanol–water partition coefficient (Wildman–Crippen LogP) is 3.41. The minimum atomic E-state index is -4.68. The second kappa shape index (κ2) is 15.2. The van der Waals surface area contributed by atoms with E-state index in [1.807, 2.05) is 12.3 Å². The molecule has 7 heterocycles. The molecule has 4 aliphatic rings. The van der Waals surface area contributed by atoms with Crippen LogP contribution in [-0.2, 0) is 15.8 Å². The number of hydrogen-bond acceptors (Lipinski definition) is 11. The van der Waals surface area contributed by atoms with Gasteiger partial charge in [-0.25, -0.2) is 9.97 Å². The number of aromatic nitrogens is 3. The lowest BCUT2D eigenvalue weighted by Crippen LogP contribution is -2.54. The zero-order valence-corrected chi connectivity index (χ0v) is 31.1. The van der Waals surface area contributed by atoms with Crippen molar-refractivity contribution in [2.45, 2.75) is 43.8 Å². The molecular weight excluding hydrogens is 747 g/mol. The minimum absolute atomic E-state index is 0.0728. The number of nitrogens with zero attached hydrogens (tertiary/aromatic N) is 7. The highest BCUT2D eigenvalue weighted by atomic mass is 19.4. The number of alkyl halides is 3. The standard InChI is InChI=1S/C39H40F3N9O6/c1-57-31-20-33-44-28(21-50(33)22-29(31)45-35(53)27-3-2-4-32(43-27)39(40,41)42)23-9-11-47(12-10-23)13-14-48-15-17-49(18-16-48)24-5-6-25-26(19-24)38(56)51(37(25)55)30-7-8-34(52)46-36(30)54/h2-6,19-23,30H,7-18H2,1H3,(H,45,53)(H,46,52,54). The van der Waals surface area contributed by atoms with Gasteiger partial charge in [-0.1, -0.05) is 6.07 Å². The maximum Gasteiger partial charge on any atom is 0.433 e. The number of carbonyl (C=O) groups is 5. The summed E-state index contributed by atoms with van der Waals surface area (Å²) >= 11 is 0. The number of methoxy groups -OCH3 is 1. The lowest BCUT2D eigenvalue weighted by molar-refractivity contribution is -0.141. The van der Waals surface area contributed by atoms with Crippen LogP contribution in [0.4, 0.5) is 24.5 Å². The number of carbonyl (C=O) groups excluding carboxylic acids is 5. The first-order chi connectivity index (χ1) is 27.4. The van der Waals surface area contributed by atoms with E-state index >= 15 is 0 Å². The monoisotopic (exact) mass is 787 g/mol. The molecule has 2 N–H and O–H groups in total. The molecule has 3 fully saturated rings. The SMILES string of the molecule is COc1cc2nc(C3CCN(CCN4CCN(c5ccc6c(c5)C(=O)N(C5CCC(=O)NC5=O)C6=O)CC4)CC3)cn2cc1NC(=O)c1cccc(C(F)(F)F)n1. The number of halogens is 3. The highest BCUT2D eigenvalue weighted by molar-refractivity contribution is 6.23. The zero-order chi connectivity index (χ0) is 40.0. The topological polar surface area (TPSA) is 162 Å². The third kappa shape index (κ3) is 7.66. The van der Waals surface area contributed by atoms with Crippen LogP contribution < -0.4 is 20.3 Å². The first kappa shape index (κ1) is 38.0. The van der Waals surface area contributed by atoms with Gasteiger partial charge in [0.25, 0.3) is 17.7 Å². The maximum absolute atomic E-state index is 13.3. The average molecular weight is 788 g/mol. The van der Waals surface area contributed by atoms with Gasteiger partial charge in [0, 0.05) is 75.8 Å². The first-order valence-electron chi connectivity index (χ1n) is 18.8. The number of hydrogen-bond donors (Lipinski definition) is 2. The fraction of sp³-hybridized carbons (Fsp3) is 0.410. The second-order valence-corrected chi connectivity index (χ2v) is 14.7. The molecule has 5 amide bonds. The maximum atomic E-state index is 13.3. The Morgan fingerprint density at radius 2 is 1.60 bits per heavy atom. The Kier molecular flexibility index (Phi) is 10.2. The van der Waals surface area contributed by atoms with Gasteiger partial charge in [-0.15, -0.1) is 0 Å². The second-order valence-electron chi connectivity index (χ2n) is 14.7. The van der Waals surface area contributed by atoms with Crippen LogP contribution in [0.5, 0.6) is 5.75 Å². The molecule has 8 rings (SSSR count). The van der Waals surface area contributed by atoms with Crippen molar-refractivity contribution in [2.24, 2.45) is 0 Å². The fourth-order valence-corrected chi connectivity index (χ4v) is 8.02. The number of anilines is 2. The molecule has 4 aromatic rings. The molecule has 18 heteroatoms. The summed E-state index contributed by atoms with van der Waals surface area (Å²) in [5.74, 6) is -2.32. The molecule has 0 spiro atoms. The molecule has 3 saturated heterocycles. The van der Waals surface area contributed by atoms with Gasteiger partial charge >= 0.3 is 6.18 Å². The third-order valence-electron chi connectivity index (χ3n) is 11.2. The molecule has 57 heavy (non-hydrogen) atoms. The van der Waals surface area contributed by atoms with Crippen molar-refractivity contribution in [3.8, 4) is 5.75 Å². The smallest absolute Gasteiger partial charge is 0.433 e. The van der Waals surface area contributed by atoms with Gasteiger partial charge in [0.1, 0.15) is 34.5 Å². The zero-order valence-electron chi connectivity index (χ0n) is 31.1. The molecule has 298 valence electrons. The van der Waals surface area contributed by atoms with Crippen LogP contribution in [0.15, 0.2) is 54.9 Å². The van der Waals surface area contributed by atoms with Crippen molar-refractivity contribution in [3.05, 3.63) is 83.1 Å². The Hall–Kier alpha value is -5.88. The highest BCUT2D eigenvalue weighted by Crippen LogP contribution is 2.33. The van der Waals surface area contributed by atoms with Crippen molar-refractivity contribution in [2.75, 3.05) is 69.7 Å². The number of imide groups is 2. The van der Waals surface area contributed by atoms with Gasteiger partial charge < -0.3 is 24.3 Å². The van der Waals surface area contributed by atoms with Crippen LogP contribution in [-0.4, -0.2) is 124 Å². The molecule has 0 aliphatic carbocycles. The number of imidazole rings is 1. The van der Waals surface area contributed by atoms with Gasteiger partial charge in [0.2, 0.25) is 11.8 Å². The van der Waals surface area contributed by atoms with E-state index in [4.69, 9.17) is 9.72 Å². The molecule has 0 bridgehead atoms. The van der Waals surface area contributed by atoms with E-state index in [0.717, 1.165) is 93.6 Å². The normalized spacial score (nSPS) is 20.0. The van der Waals surface area contributed by atoms with Gasteiger partial charge in [0.05, 0.1) is 23.9 Å². The molecule has 4 aliphatic heterocycles. The summed E-state index contributed by atoms with van der Waals surface area (Å²) in [7, 11) is 1.44. The number of benzene rings is 1. The summed E-state index contributed by atoms with van der Waals surface area (Å²) in [6.07, 6.45) is 0.889. The molecule has 1 aromatic carbocycles. The van der Waals surface area contributed by atoms with Crippen LogP contribution >= 0.6 is 0 Å². The average Bonchev–Trinajstić information content (AvgIpc) is 3.73. The van der Waals surface area contributed by atoms with Gasteiger partial charge in [-0.3, -0.25) is 39.1 Å². The van der Waals surface area contributed by atoms with E-state index in [1.165, 1.54) is 13.2 Å². The van der Waals surface area contributed by atoms with Gasteiger partial charge in [-0.2, -0.15) is 13.2 Å². The van der Waals surface area contributed by atoms with E-state index in [1.54, 1.807) is 28.8 Å². The number of likely N-dealkylation sites (tertiary alicyclic amines) is 1. The number of amides is 5. The number of ether oxygens (including phenoxy) is 1. The van der Waals surface area contributed by atoms with Crippen molar-refractivity contribution in [1.29, 1.82) is 0 Å². The number of pyridine rings is 2. The Labute approximate surface area is 324 Å². The van der Waals surface area contributed by atoms with Crippen LogP contribution in [0, 0.1) is 0 Å². The first-order valence-corrected chi connectivity index (χ1v) is 18.8. The van der Waals surface area contributed by atoms with E-state index in [-0.39, 0.29) is 41.3 Å². The summed E-state index contributed by atoms with van der Waals surface area (Å²) in [4.78, 5) is 79.6. The summed E-state index contributed by atoms with van der Waals surface area (Å²) in [6, 6.07) is 9.07. The highest BCUT2D eigenvalue weighted by Gasteiger charge is 2.45. The number of piperidine rings is 2. The van der Waals surface area contributed by atoms with E-state index < -0.39 is 47.4 Å². The van der Waals surface area contributed by atoms with E-state index in [0.29, 0.717) is 11.4 Å². The molecule has 1 unspecified atom stereocenters. The van der Waals surface area contributed by atoms with E-state index in [2.05, 4.69) is 30.3 Å². The van der Waals surface area contributed by atoms with Crippen molar-refractivity contribution in [3.63, 3.8) is 0 Å².